The highest BCUT2D eigenvalue weighted by Crippen LogP contribution is 2.36. The lowest BCUT2D eigenvalue weighted by Gasteiger charge is -2.29. The second-order valence-electron chi connectivity index (χ2n) is 12.8. The van der Waals surface area contributed by atoms with E-state index in [2.05, 4.69) is 88.9 Å². The maximum absolute atomic E-state index is 7.44. The van der Waals surface area contributed by atoms with Gasteiger partial charge in [-0.2, -0.15) is 0 Å². The number of halogens is 2. The Kier molecular flexibility index (Phi) is 8.90. The average Bonchev–Trinajstić information content (AvgIpc) is 3.59. The minimum atomic E-state index is -0.600. The number of pyridine rings is 2. The molecule has 4 heterocycles. The van der Waals surface area contributed by atoms with Crippen LogP contribution in [0.15, 0.2) is 122 Å². The fraction of sp³-hybridized carbons (Fsp3) is 0.171. The van der Waals surface area contributed by atoms with Crippen LogP contribution in [0.2, 0.25) is 10.0 Å². The van der Waals surface area contributed by atoms with Gasteiger partial charge in [0.05, 0.1) is 22.4 Å². The monoisotopic (exact) mass is 684 g/mol. The van der Waals surface area contributed by atoms with Crippen LogP contribution < -0.4 is 11.9 Å². The molecule has 0 spiro atoms. The standard InChI is InChI=1S/C41H35Cl2N5.H3N/c1-2-41(44,23-35-39-33(17-19-45-35)31-13-3-5-15-37(31)47(39)25-27-9-7-11-29(42)21-27)24-36-40-34(18-20-46-36)32-14-4-6-16-38(32)48(40)26-28-10-8-12-30(43)22-28;/h3-22H,2,23-26,44H2,1H3;1H3. The third kappa shape index (κ3) is 6.06. The molecule has 5 N–H and O–H groups in total. The summed E-state index contributed by atoms with van der Waals surface area (Å²) >= 11 is 12.8. The third-order valence-corrected chi connectivity index (χ3v) is 10.2. The Bertz CT molecular complexity index is 2290. The molecule has 49 heavy (non-hydrogen) atoms. The van der Waals surface area contributed by atoms with Crippen molar-refractivity contribution in [2.75, 3.05) is 0 Å². The molecule has 4 aromatic carbocycles. The highest BCUT2D eigenvalue weighted by molar-refractivity contribution is 6.31. The van der Waals surface area contributed by atoms with Crippen LogP contribution in [0.1, 0.15) is 35.9 Å². The van der Waals surface area contributed by atoms with Crippen LogP contribution in [0.25, 0.3) is 43.6 Å². The van der Waals surface area contributed by atoms with E-state index in [9.17, 15) is 0 Å². The summed E-state index contributed by atoms with van der Waals surface area (Å²) in [5.41, 5.74) is 15.7. The number of aromatic nitrogens is 4. The van der Waals surface area contributed by atoms with Crippen LogP contribution in [0.4, 0.5) is 0 Å². The molecule has 8 heteroatoms. The van der Waals surface area contributed by atoms with Crippen LogP contribution in [0.3, 0.4) is 0 Å². The molecule has 8 rings (SSSR count). The van der Waals surface area contributed by atoms with E-state index in [1.54, 1.807) is 0 Å². The first-order valence-electron chi connectivity index (χ1n) is 16.4. The molecule has 0 aliphatic heterocycles. The predicted molar refractivity (Wildman–Crippen MR) is 205 cm³/mol. The number of hydrogen-bond acceptors (Lipinski definition) is 4. The maximum Gasteiger partial charge on any atom is 0.0714 e. The van der Waals surface area contributed by atoms with E-state index in [1.807, 2.05) is 48.8 Å². The third-order valence-electron chi connectivity index (χ3n) is 9.71. The van der Waals surface area contributed by atoms with Crippen molar-refractivity contribution in [1.82, 2.24) is 25.3 Å². The van der Waals surface area contributed by atoms with Crippen LogP contribution >= 0.6 is 23.2 Å². The van der Waals surface area contributed by atoms with E-state index in [0.717, 1.165) is 61.0 Å². The van der Waals surface area contributed by atoms with Gasteiger partial charge in [-0.1, -0.05) is 90.8 Å². The number of fused-ring (bicyclic) bond motifs is 6. The van der Waals surface area contributed by atoms with Crippen molar-refractivity contribution in [3.05, 3.63) is 154 Å². The molecule has 0 saturated heterocycles. The van der Waals surface area contributed by atoms with E-state index in [4.69, 9.17) is 38.9 Å². The zero-order valence-corrected chi connectivity index (χ0v) is 28.9. The van der Waals surface area contributed by atoms with Gasteiger partial charge in [0.1, 0.15) is 0 Å². The minimum Gasteiger partial charge on any atom is -0.344 e. The molecule has 0 unspecified atom stereocenters. The molecule has 0 aliphatic carbocycles. The summed E-state index contributed by atoms with van der Waals surface area (Å²) in [4.78, 5) is 10.0. The van der Waals surface area contributed by atoms with Gasteiger partial charge in [-0.3, -0.25) is 9.97 Å². The second kappa shape index (κ2) is 13.3. The summed E-state index contributed by atoms with van der Waals surface area (Å²) in [5, 5.41) is 6.22. The van der Waals surface area contributed by atoms with Gasteiger partial charge in [0.2, 0.25) is 0 Å². The fourth-order valence-electron chi connectivity index (χ4n) is 7.35. The molecule has 246 valence electrons. The molecule has 4 aromatic heterocycles. The maximum atomic E-state index is 7.44. The zero-order valence-electron chi connectivity index (χ0n) is 27.4. The largest absolute Gasteiger partial charge is 0.344 e. The second-order valence-corrected chi connectivity index (χ2v) is 13.7. The van der Waals surface area contributed by atoms with E-state index >= 15 is 0 Å². The molecule has 0 amide bonds. The predicted octanol–water partition coefficient (Wildman–Crippen LogP) is 10.2. The van der Waals surface area contributed by atoms with Crippen LogP contribution in [-0.4, -0.2) is 24.6 Å². The first kappa shape index (κ1) is 32.8. The number of para-hydroxylation sites is 2. The van der Waals surface area contributed by atoms with E-state index in [1.165, 1.54) is 21.5 Å². The lowest BCUT2D eigenvalue weighted by atomic mass is 9.85. The molecule has 0 saturated carbocycles. The topological polar surface area (TPSA) is 96.7 Å². The van der Waals surface area contributed by atoms with Gasteiger partial charge in [0.25, 0.3) is 0 Å². The Morgan fingerprint density at radius 1 is 0.592 bits per heavy atom. The van der Waals surface area contributed by atoms with Gasteiger partial charge in [-0.05, 0) is 66.1 Å². The van der Waals surface area contributed by atoms with Crippen LogP contribution in [0, 0.1) is 0 Å². The Morgan fingerprint density at radius 3 is 1.47 bits per heavy atom. The van der Waals surface area contributed by atoms with Crippen LogP contribution in [0.5, 0.6) is 0 Å². The molecule has 0 fully saturated rings. The van der Waals surface area contributed by atoms with Crippen molar-refractivity contribution in [3.63, 3.8) is 0 Å². The zero-order chi connectivity index (χ0) is 32.8. The fourth-order valence-corrected chi connectivity index (χ4v) is 7.77. The molecule has 0 aliphatic rings. The quantitative estimate of drug-likeness (QED) is 0.158. The first-order chi connectivity index (χ1) is 23.4. The Morgan fingerprint density at radius 2 is 1.04 bits per heavy atom. The summed E-state index contributed by atoms with van der Waals surface area (Å²) in [7, 11) is 0. The Hall–Kier alpha value is -4.72. The van der Waals surface area contributed by atoms with Crippen molar-refractivity contribution in [1.29, 1.82) is 0 Å². The van der Waals surface area contributed by atoms with Gasteiger partial charge in [-0.15, -0.1) is 0 Å². The van der Waals surface area contributed by atoms with E-state index in [-0.39, 0.29) is 6.15 Å². The van der Waals surface area contributed by atoms with E-state index < -0.39 is 5.54 Å². The molecule has 6 nitrogen and oxygen atoms in total. The van der Waals surface area contributed by atoms with Gasteiger partial charge in [-0.25, -0.2) is 0 Å². The molecule has 0 atom stereocenters. The SMILES string of the molecule is CCC(N)(Cc1nccc2c3ccccc3n(Cc3cccc(Cl)c3)c12)Cc1nccc2c3ccccc3n(Cc3cccc(Cl)c3)c12.N. The Labute approximate surface area is 295 Å². The van der Waals surface area contributed by atoms with Crippen LogP contribution in [-0.2, 0) is 25.9 Å². The number of hydrogen-bond donors (Lipinski definition) is 2. The minimum absolute atomic E-state index is 0. The Balaban J connectivity index is 0.00000378. The van der Waals surface area contributed by atoms with Crippen molar-refractivity contribution in [2.24, 2.45) is 5.73 Å². The molecule has 0 radical (unpaired) electrons. The number of benzene rings is 4. The molecular weight excluding hydrogens is 647 g/mol. The summed E-state index contributed by atoms with van der Waals surface area (Å²) in [5.74, 6) is 0. The lowest BCUT2D eigenvalue weighted by molar-refractivity contribution is 0.398. The summed E-state index contributed by atoms with van der Waals surface area (Å²) in [6.45, 7) is 3.53. The normalized spacial score (nSPS) is 11.9. The highest BCUT2D eigenvalue weighted by atomic mass is 35.5. The van der Waals surface area contributed by atoms with Gasteiger partial charge < -0.3 is 21.0 Å². The summed E-state index contributed by atoms with van der Waals surface area (Å²) < 4.78 is 4.74. The number of nitrogens with two attached hydrogens (primary N) is 1. The van der Waals surface area contributed by atoms with Crippen molar-refractivity contribution in [2.45, 2.75) is 44.8 Å². The van der Waals surface area contributed by atoms with E-state index in [0.29, 0.717) is 25.9 Å². The van der Waals surface area contributed by atoms with Crippen molar-refractivity contribution >= 4 is 66.8 Å². The van der Waals surface area contributed by atoms with Crippen molar-refractivity contribution < 1.29 is 0 Å². The van der Waals surface area contributed by atoms with Crippen molar-refractivity contribution in [3.8, 4) is 0 Å². The summed E-state index contributed by atoms with van der Waals surface area (Å²) in [6, 6.07) is 37.5. The molecular formula is C41H38Cl2N6. The molecule has 0 bridgehead atoms. The lowest BCUT2D eigenvalue weighted by Crippen LogP contribution is -2.44. The number of rotatable bonds is 9. The average molecular weight is 686 g/mol. The number of nitrogens with zero attached hydrogens (tertiary/aromatic N) is 4. The smallest absolute Gasteiger partial charge is 0.0714 e. The van der Waals surface area contributed by atoms with Gasteiger partial charge in [0, 0.05) is 86.5 Å². The highest BCUT2D eigenvalue weighted by Gasteiger charge is 2.29. The van der Waals surface area contributed by atoms with Gasteiger partial charge >= 0.3 is 0 Å². The summed E-state index contributed by atoms with van der Waals surface area (Å²) in [6.07, 6.45) is 5.79. The molecule has 8 aromatic rings. The first-order valence-corrected chi connectivity index (χ1v) is 17.1. The van der Waals surface area contributed by atoms with Gasteiger partial charge in [0.15, 0.2) is 0 Å².